The lowest BCUT2D eigenvalue weighted by Gasteiger charge is -2.25. The van der Waals surface area contributed by atoms with E-state index in [0.29, 0.717) is 5.57 Å². The third kappa shape index (κ3) is 2.94. The standard InChI is InChI=1S/C14H16O5/c1-10(2)14(18-19-14)17-12(15)16-13(3,4)11-8-6-5-7-9-11/h5-9H,1H2,2-4H3. The minimum absolute atomic E-state index is 0.432. The van der Waals surface area contributed by atoms with E-state index in [1.54, 1.807) is 20.8 Å². The second kappa shape index (κ2) is 4.68. The van der Waals surface area contributed by atoms with Crippen molar-refractivity contribution in [2.45, 2.75) is 32.3 Å². The molecule has 2 rings (SSSR count). The van der Waals surface area contributed by atoms with Crippen LogP contribution in [0.2, 0.25) is 0 Å². The van der Waals surface area contributed by atoms with Gasteiger partial charge >= 0.3 is 12.1 Å². The van der Waals surface area contributed by atoms with Gasteiger partial charge in [-0.3, -0.25) is 0 Å². The number of carbonyl (C=O) groups excluding carboxylic acids is 1. The fraction of sp³-hybridized carbons (Fsp3) is 0.357. The van der Waals surface area contributed by atoms with E-state index in [1.165, 1.54) is 0 Å². The van der Waals surface area contributed by atoms with E-state index in [9.17, 15) is 4.79 Å². The molecule has 0 bridgehead atoms. The van der Waals surface area contributed by atoms with Gasteiger partial charge in [-0.15, -0.1) is 9.78 Å². The first kappa shape index (κ1) is 13.6. The van der Waals surface area contributed by atoms with Gasteiger partial charge in [0.15, 0.2) is 0 Å². The van der Waals surface area contributed by atoms with E-state index in [0.717, 1.165) is 5.56 Å². The molecule has 0 atom stereocenters. The maximum Gasteiger partial charge on any atom is 0.513 e. The second-order valence-corrected chi connectivity index (χ2v) is 4.83. The van der Waals surface area contributed by atoms with Gasteiger partial charge in [-0.25, -0.2) is 4.79 Å². The zero-order valence-electron chi connectivity index (χ0n) is 11.1. The molecule has 1 aliphatic heterocycles. The molecule has 0 aromatic heterocycles. The predicted molar refractivity (Wildman–Crippen MR) is 66.7 cm³/mol. The van der Waals surface area contributed by atoms with Crippen LogP contribution in [0, 0.1) is 0 Å². The summed E-state index contributed by atoms with van der Waals surface area (Å²) in [6.45, 7) is 8.78. The van der Waals surface area contributed by atoms with E-state index in [1.807, 2.05) is 30.3 Å². The van der Waals surface area contributed by atoms with Gasteiger partial charge in [0.05, 0.1) is 0 Å². The summed E-state index contributed by atoms with van der Waals surface area (Å²) in [5.41, 5.74) is 0.472. The van der Waals surface area contributed by atoms with Crippen molar-refractivity contribution in [3.05, 3.63) is 48.0 Å². The molecule has 1 aromatic rings. The van der Waals surface area contributed by atoms with Crippen LogP contribution in [0.25, 0.3) is 0 Å². The van der Waals surface area contributed by atoms with Gasteiger partial charge in [0.2, 0.25) is 0 Å². The molecule has 1 saturated heterocycles. The quantitative estimate of drug-likeness (QED) is 0.361. The number of hydrogen-bond donors (Lipinski definition) is 0. The topological polar surface area (TPSA) is 60.6 Å². The van der Waals surface area contributed by atoms with Crippen LogP contribution in [0.15, 0.2) is 42.5 Å². The lowest BCUT2D eigenvalue weighted by molar-refractivity contribution is -0.0641. The Kier molecular flexibility index (Phi) is 3.34. The molecule has 0 N–H and O–H groups in total. The molecular weight excluding hydrogens is 248 g/mol. The molecule has 0 spiro atoms. The largest absolute Gasteiger partial charge is 0.513 e. The monoisotopic (exact) mass is 264 g/mol. The van der Waals surface area contributed by atoms with Crippen molar-refractivity contribution in [2.24, 2.45) is 0 Å². The van der Waals surface area contributed by atoms with Crippen molar-refractivity contribution in [1.29, 1.82) is 0 Å². The average molecular weight is 264 g/mol. The zero-order chi connectivity index (χ0) is 14.1. The lowest BCUT2D eigenvalue weighted by Crippen LogP contribution is -2.30. The van der Waals surface area contributed by atoms with E-state index in [2.05, 4.69) is 16.4 Å². The Hall–Kier alpha value is -1.85. The van der Waals surface area contributed by atoms with Crippen molar-refractivity contribution in [1.82, 2.24) is 0 Å². The maximum atomic E-state index is 11.7. The molecule has 0 aliphatic carbocycles. The van der Waals surface area contributed by atoms with Gasteiger partial charge < -0.3 is 9.47 Å². The van der Waals surface area contributed by atoms with Crippen LogP contribution in [0.3, 0.4) is 0 Å². The van der Waals surface area contributed by atoms with Crippen LogP contribution < -0.4 is 0 Å². The van der Waals surface area contributed by atoms with Gasteiger partial charge in [-0.05, 0) is 26.3 Å². The Balaban J connectivity index is 2.01. The maximum absolute atomic E-state index is 11.7. The molecule has 1 aliphatic rings. The van der Waals surface area contributed by atoms with Crippen LogP contribution in [0.4, 0.5) is 4.79 Å². The fourth-order valence-corrected chi connectivity index (χ4v) is 1.54. The van der Waals surface area contributed by atoms with Gasteiger partial charge in [0.25, 0.3) is 0 Å². The van der Waals surface area contributed by atoms with Gasteiger partial charge in [0, 0.05) is 5.57 Å². The summed E-state index contributed by atoms with van der Waals surface area (Å²) in [6, 6.07) is 9.36. The number of carbonyl (C=O) groups is 1. The first-order chi connectivity index (χ1) is 8.86. The number of ether oxygens (including phenoxy) is 2. The lowest BCUT2D eigenvalue weighted by atomic mass is 9.98. The minimum Gasteiger partial charge on any atom is -0.423 e. The molecule has 19 heavy (non-hydrogen) atoms. The van der Waals surface area contributed by atoms with E-state index in [-0.39, 0.29) is 0 Å². The summed E-state index contributed by atoms with van der Waals surface area (Å²) in [6.07, 6.45) is -0.880. The van der Waals surface area contributed by atoms with Crippen LogP contribution in [0.5, 0.6) is 0 Å². The van der Waals surface area contributed by atoms with Gasteiger partial charge in [-0.1, -0.05) is 36.9 Å². The predicted octanol–water partition coefficient (Wildman–Crippen LogP) is 3.27. The minimum atomic E-state index is -1.48. The number of rotatable bonds is 4. The molecule has 0 radical (unpaired) electrons. The molecule has 5 heteroatoms. The Morgan fingerprint density at radius 2 is 1.84 bits per heavy atom. The molecule has 1 aromatic carbocycles. The molecular formula is C14H16O5. The smallest absolute Gasteiger partial charge is 0.423 e. The van der Waals surface area contributed by atoms with Crippen LogP contribution >= 0.6 is 0 Å². The molecule has 1 fully saturated rings. The average Bonchev–Trinajstić information content (AvgIpc) is 3.10. The van der Waals surface area contributed by atoms with Crippen molar-refractivity contribution in [2.75, 3.05) is 0 Å². The first-order valence-electron chi connectivity index (χ1n) is 5.86. The van der Waals surface area contributed by atoms with Crippen LogP contribution in [0.1, 0.15) is 26.3 Å². The van der Waals surface area contributed by atoms with Crippen molar-refractivity contribution >= 4 is 6.16 Å². The summed E-state index contributed by atoms with van der Waals surface area (Å²) in [5.74, 6) is -1.48. The Morgan fingerprint density at radius 3 is 2.32 bits per heavy atom. The summed E-state index contributed by atoms with van der Waals surface area (Å²) in [4.78, 5) is 21.0. The normalized spacial score (nSPS) is 16.6. The second-order valence-electron chi connectivity index (χ2n) is 4.83. The molecule has 1 heterocycles. The molecule has 5 nitrogen and oxygen atoms in total. The van der Waals surface area contributed by atoms with E-state index >= 15 is 0 Å². The molecule has 0 amide bonds. The summed E-state index contributed by atoms with van der Waals surface area (Å²) in [5, 5.41) is 0. The third-order valence-corrected chi connectivity index (χ3v) is 2.78. The Morgan fingerprint density at radius 1 is 1.26 bits per heavy atom. The Bertz CT molecular complexity index is 488. The zero-order valence-corrected chi connectivity index (χ0v) is 11.1. The Labute approximate surface area is 111 Å². The fourth-order valence-electron chi connectivity index (χ4n) is 1.54. The first-order valence-corrected chi connectivity index (χ1v) is 5.86. The van der Waals surface area contributed by atoms with Crippen molar-refractivity contribution in [3.63, 3.8) is 0 Å². The molecule has 0 saturated carbocycles. The summed E-state index contributed by atoms with van der Waals surface area (Å²) >= 11 is 0. The summed E-state index contributed by atoms with van der Waals surface area (Å²) < 4.78 is 10.3. The summed E-state index contributed by atoms with van der Waals surface area (Å²) in [7, 11) is 0. The highest BCUT2D eigenvalue weighted by atomic mass is 17.5. The highest BCUT2D eigenvalue weighted by molar-refractivity contribution is 5.62. The SMILES string of the molecule is C=C(C)C1(OC(=O)OC(C)(C)c2ccccc2)OO1. The van der Waals surface area contributed by atoms with Crippen molar-refractivity contribution < 1.29 is 24.0 Å². The molecule has 102 valence electrons. The third-order valence-electron chi connectivity index (χ3n) is 2.78. The van der Waals surface area contributed by atoms with Crippen molar-refractivity contribution in [3.8, 4) is 0 Å². The highest BCUT2D eigenvalue weighted by Crippen LogP contribution is 2.38. The number of benzene rings is 1. The number of hydrogen-bond acceptors (Lipinski definition) is 5. The molecule has 0 unspecified atom stereocenters. The highest BCUT2D eigenvalue weighted by Gasteiger charge is 2.56. The van der Waals surface area contributed by atoms with E-state index in [4.69, 9.17) is 9.47 Å². The van der Waals surface area contributed by atoms with E-state index < -0.39 is 17.7 Å². The van der Waals surface area contributed by atoms with Gasteiger partial charge in [-0.2, -0.15) is 0 Å². The van der Waals surface area contributed by atoms with Crippen LogP contribution in [-0.4, -0.2) is 12.1 Å². The van der Waals surface area contributed by atoms with Gasteiger partial charge in [0.1, 0.15) is 5.60 Å². The van der Waals surface area contributed by atoms with Crippen LogP contribution in [-0.2, 0) is 24.8 Å².